The summed E-state index contributed by atoms with van der Waals surface area (Å²) < 4.78 is 0. The largest absolute Gasteiger partial charge is 0.508 e. The van der Waals surface area contributed by atoms with Crippen LogP contribution in [0.15, 0.2) is 58.6 Å². The fourth-order valence-electron chi connectivity index (χ4n) is 1.88. The van der Waals surface area contributed by atoms with Crippen molar-refractivity contribution in [2.24, 2.45) is 4.99 Å². The summed E-state index contributed by atoms with van der Waals surface area (Å²) in [6, 6.07) is 12.1. The first-order chi connectivity index (χ1) is 10.6. The summed E-state index contributed by atoms with van der Waals surface area (Å²) in [4.78, 5) is 23.0. The minimum atomic E-state index is -0.104. The average molecular weight is 311 g/mol. The number of aromatic nitrogens is 1. The SMILES string of the molecule is CN1C(=O)/C(=C/c2ccccn2)SC1=Nc1ccc(O)cc1. The fourth-order valence-corrected chi connectivity index (χ4v) is 2.86. The highest BCUT2D eigenvalue weighted by molar-refractivity contribution is 8.18. The average Bonchev–Trinajstić information content (AvgIpc) is 2.79. The smallest absolute Gasteiger partial charge is 0.266 e. The van der Waals surface area contributed by atoms with Gasteiger partial charge in [0, 0.05) is 13.2 Å². The number of aromatic hydroxyl groups is 1. The van der Waals surface area contributed by atoms with Crippen LogP contribution in [-0.4, -0.2) is 33.1 Å². The third kappa shape index (κ3) is 3.01. The van der Waals surface area contributed by atoms with E-state index < -0.39 is 0 Å². The second-order valence-corrected chi connectivity index (χ2v) is 5.65. The summed E-state index contributed by atoms with van der Waals surface area (Å²) in [5.74, 6) is 0.0800. The van der Waals surface area contributed by atoms with Gasteiger partial charge in [0.1, 0.15) is 5.75 Å². The van der Waals surface area contributed by atoms with E-state index in [9.17, 15) is 9.90 Å². The molecule has 1 amide bonds. The molecule has 2 aromatic rings. The second kappa shape index (κ2) is 6.03. The number of rotatable bonds is 2. The zero-order chi connectivity index (χ0) is 15.5. The van der Waals surface area contributed by atoms with E-state index in [-0.39, 0.29) is 11.7 Å². The summed E-state index contributed by atoms with van der Waals surface area (Å²) in [5.41, 5.74) is 1.41. The van der Waals surface area contributed by atoms with Crippen molar-refractivity contribution in [2.75, 3.05) is 7.05 Å². The maximum absolute atomic E-state index is 12.3. The van der Waals surface area contributed by atoms with Crippen molar-refractivity contribution in [3.05, 3.63) is 59.3 Å². The standard InChI is InChI=1S/C16H13N3O2S/c1-19-15(21)14(10-12-4-2-3-9-17-12)22-16(19)18-11-5-7-13(20)8-6-11/h2-10,20H,1H3/b14-10-,18-16?. The number of pyridine rings is 1. The number of thioether (sulfide) groups is 1. The van der Waals surface area contributed by atoms with Crippen LogP contribution in [0.5, 0.6) is 5.75 Å². The number of amides is 1. The fraction of sp³-hybridized carbons (Fsp3) is 0.0625. The predicted molar refractivity (Wildman–Crippen MR) is 87.8 cm³/mol. The lowest BCUT2D eigenvalue weighted by Gasteiger charge is -2.06. The number of phenols is 1. The van der Waals surface area contributed by atoms with Crippen LogP contribution < -0.4 is 0 Å². The van der Waals surface area contributed by atoms with E-state index in [1.54, 1.807) is 43.6 Å². The zero-order valence-electron chi connectivity index (χ0n) is 11.8. The number of phenolic OH excluding ortho intramolecular Hbond substituents is 1. The first-order valence-electron chi connectivity index (χ1n) is 6.60. The second-order valence-electron chi connectivity index (χ2n) is 4.64. The molecule has 0 aliphatic carbocycles. The number of likely N-dealkylation sites (N-methyl/N-ethyl adjacent to an activating group) is 1. The van der Waals surface area contributed by atoms with Crippen LogP contribution in [0.4, 0.5) is 5.69 Å². The minimum absolute atomic E-state index is 0.104. The van der Waals surface area contributed by atoms with Crippen molar-refractivity contribution >= 4 is 34.6 Å². The van der Waals surface area contributed by atoms with E-state index in [0.717, 1.165) is 5.69 Å². The summed E-state index contributed by atoms with van der Waals surface area (Å²) in [6.07, 6.45) is 3.44. The summed E-state index contributed by atoms with van der Waals surface area (Å²) in [7, 11) is 1.69. The Hall–Kier alpha value is -2.60. The van der Waals surface area contributed by atoms with Gasteiger partial charge in [0.2, 0.25) is 0 Å². The molecule has 0 bridgehead atoms. The molecule has 0 unspecified atom stereocenters. The lowest BCUT2D eigenvalue weighted by atomic mass is 10.3. The van der Waals surface area contributed by atoms with E-state index in [1.165, 1.54) is 16.7 Å². The van der Waals surface area contributed by atoms with Gasteiger partial charge < -0.3 is 5.11 Å². The van der Waals surface area contributed by atoms with Crippen LogP contribution in [0.2, 0.25) is 0 Å². The van der Waals surface area contributed by atoms with Crippen LogP contribution >= 0.6 is 11.8 Å². The van der Waals surface area contributed by atoms with Crippen molar-refractivity contribution in [3.8, 4) is 5.75 Å². The van der Waals surface area contributed by atoms with Gasteiger partial charge in [0.15, 0.2) is 5.17 Å². The molecule has 0 spiro atoms. The van der Waals surface area contributed by atoms with Gasteiger partial charge in [-0.2, -0.15) is 0 Å². The molecule has 1 aromatic heterocycles. The molecular formula is C16H13N3O2S. The van der Waals surface area contributed by atoms with Crippen LogP contribution in [0, 0.1) is 0 Å². The number of nitrogens with zero attached hydrogens (tertiary/aromatic N) is 3. The Morgan fingerprint density at radius 2 is 2.00 bits per heavy atom. The number of benzene rings is 1. The topological polar surface area (TPSA) is 65.8 Å². The maximum Gasteiger partial charge on any atom is 0.266 e. The Bertz CT molecular complexity index is 755. The molecule has 6 heteroatoms. The van der Waals surface area contributed by atoms with E-state index in [1.807, 2.05) is 18.2 Å². The molecule has 1 saturated heterocycles. The number of amidine groups is 1. The molecule has 1 fully saturated rings. The van der Waals surface area contributed by atoms with Gasteiger partial charge in [-0.25, -0.2) is 4.99 Å². The van der Waals surface area contributed by atoms with Gasteiger partial charge in [0.25, 0.3) is 5.91 Å². The first-order valence-corrected chi connectivity index (χ1v) is 7.41. The molecule has 2 heterocycles. The maximum atomic E-state index is 12.3. The van der Waals surface area contributed by atoms with Crippen LogP contribution in [0.1, 0.15) is 5.69 Å². The van der Waals surface area contributed by atoms with E-state index in [4.69, 9.17) is 0 Å². The molecule has 0 atom stereocenters. The lowest BCUT2D eigenvalue weighted by Crippen LogP contribution is -2.23. The molecule has 22 heavy (non-hydrogen) atoms. The van der Waals surface area contributed by atoms with Gasteiger partial charge in [-0.3, -0.25) is 14.7 Å². The molecule has 1 aliphatic rings. The lowest BCUT2D eigenvalue weighted by molar-refractivity contribution is -0.121. The monoisotopic (exact) mass is 311 g/mol. The third-order valence-corrected chi connectivity index (χ3v) is 4.10. The van der Waals surface area contributed by atoms with Gasteiger partial charge in [0.05, 0.1) is 16.3 Å². The number of carbonyl (C=O) groups excluding carboxylic acids is 1. The Labute approximate surface area is 132 Å². The van der Waals surface area contributed by atoms with Gasteiger partial charge in [-0.1, -0.05) is 6.07 Å². The van der Waals surface area contributed by atoms with Crippen LogP contribution in [-0.2, 0) is 4.79 Å². The molecule has 1 aromatic carbocycles. The Morgan fingerprint density at radius 3 is 2.68 bits per heavy atom. The van der Waals surface area contributed by atoms with Crippen LogP contribution in [0.25, 0.3) is 6.08 Å². The van der Waals surface area contributed by atoms with E-state index >= 15 is 0 Å². The highest BCUT2D eigenvalue weighted by Crippen LogP contribution is 2.33. The quantitative estimate of drug-likeness (QED) is 0.866. The first kappa shape index (κ1) is 14.3. The third-order valence-electron chi connectivity index (χ3n) is 3.04. The van der Waals surface area contributed by atoms with E-state index in [0.29, 0.717) is 15.8 Å². The number of carbonyl (C=O) groups is 1. The van der Waals surface area contributed by atoms with E-state index in [2.05, 4.69) is 9.98 Å². The minimum Gasteiger partial charge on any atom is -0.508 e. The van der Waals surface area contributed by atoms with Crippen molar-refractivity contribution in [1.82, 2.24) is 9.88 Å². The molecule has 1 aliphatic heterocycles. The normalized spacial score (nSPS) is 18.4. The van der Waals surface area contributed by atoms with Gasteiger partial charge in [-0.05, 0) is 54.2 Å². The zero-order valence-corrected chi connectivity index (χ0v) is 12.6. The van der Waals surface area contributed by atoms with Crippen LogP contribution in [0.3, 0.4) is 0 Å². The number of hydrogen-bond donors (Lipinski definition) is 1. The Morgan fingerprint density at radius 1 is 1.23 bits per heavy atom. The highest BCUT2D eigenvalue weighted by Gasteiger charge is 2.30. The summed E-state index contributed by atoms with van der Waals surface area (Å²) in [5, 5.41) is 9.88. The van der Waals surface area contributed by atoms with Gasteiger partial charge >= 0.3 is 0 Å². The molecular weight excluding hydrogens is 298 g/mol. The molecule has 110 valence electrons. The summed E-state index contributed by atoms with van der Waals surface area (Å²) in [6.45, 7) is 0. The molecule has 0 saturated carbocycles. The summed E-state index contributed by atoms with van der Waals surface area (Å²) >= 11 is 1.31. The number of aliphatic imine (C=N–C) groups is 1. The Kier molecular flexibility index (Phi) is 3.93. The molecule has 0 radical (unpaired) electrons. The molecule has 5 nitrogen and oxygen atoms in total. The van der Waals surface area contributed by atoms with Gasteiger partial charge in [-0.15, -0.1) is 0 Å². The molecule has 1 N–H and O–H groups in total. The van der Waals surface area contributed by atoms with Crippen molar-refractivity contribution in [3.63, 3.8) is 0 Å². The number of hydrogen-bond acceptors (Lipinski definition) is 5. The Balaban J connectivity index is 1.88. The van der Waals surface area contributed by atoms with Crippen molar-refractivity contribution in [2.45, 2.75) is 0 Å². The van der Waals surface area contributed by atoms with Crippen molar-refractivity contribution < 1.29 is 9.90 Å². The highest BCUT2D eigenvalue weighted by atomic mass is 32.2. The molecule has 3 rings (SSSR count). The van der Waals surface area contributed by atoms with Crippen molar-refractivity contribution in [1.29, 1.82) is 0 Å². The predicted octanol–water partition coefficient (Wildman–Crippen LogP) is 3.02.